The number of likely N-dealkylation sites (N-methyl/N-ethyl adjacent to an activating group) is 1. The van der Waals surface area contributed by atoms with Gasteiger partial charge in [0.25, 0.3) is 0 Å². The Morgan fingerprint density at radius 1 is 1.22 bits per heavy atom. The van der Waals surface area contributed by atoms with Crippen molar-refractivity contribution in [3.63, 3.8) is 0 Å². The van der Waals surface area contributed by atoms with Crippen molar-refractivity contribution in [1.82, 2.24) is 4.90 Å². The van der Waals surface area contributed by atoms with E-state index in [9.17, 15) is 0 Å². The third-order valence-corrected chi connectivity index (χ3v) is 5.08. The van der Waals surface area contributed by atoms with Crippen LogP contribution >= 0.6 is 0 Å². The third-order valence-electron chi connectivity index (χ3n) is 5.08. The van der Waals surface area contributed by atoms with Gasteiger partial charge in [0, 0.05) is 5.54 Å². The third kappa shape index (κ3) is 2.30. The largest absolute Gasteiger partial charge is 0.294 e. The molecule has 2 aliphatic rings. The molecular weight excluding hydrogens is 218 g/mol. The molecule has 1 nitrogen and oxygen atoms in total. The molecule has 0 heterocycles. The van der Waals surface area contributed by atoms with Gasteiger partial charge in [-0.2, -0.15) is 0 Å². The second-order valence-corrected chi connectivity index (χ2v) is 5.88. The lowest BCUT2D eigenvalue weighted by Crippen LogP contribution is -2.55. The summed E-state index contributed by atoms with van der Waals surface area (Å²) in [6.45, 7) is 9.46. The standard InChI is InChI=1S/C17H29N/c1-4-18(5-2)17(14-10-9-11-15(17)3)16-12-7-6-8-13-16/h7,12-13,15H,4-6,8-11,14H2,1-3H3/t15?,17-/m1/s1. The average molecular weight is 247 g/mol. The first kappa shape index (κ1) is 13.9. The van der Waals surface area contributed by atoms with Crippen molar-refractivity contribution in [3.05, 3.63) is 23.8 Å². The van der Waals surface area contributed by atoms with E-state index in [1.807, 2.05) is 0 Å². The molecule has 1 unspecified atom stereocenters. The summed E-state index contributed by atoms with van der Waals surface area (Å²) in [5.74, 6) is 0.792. The smallest absolute Gasteiger partial charge is 0.0482 e. The molecule has 0 bridgehead atoms. The summed E-state index contributed by atoms with van der Waals surface area (Å²) < 4.78 is 0. The first-order valence-corrected chi connectivity index (χ1v) is 7.88. The molecule has 1 saturated carbocycles. The van der Waals surface area contributed by atoms with Gasteiger partial charge in [0.15, 0.2) is 0 Å². The Labute approximate surface area is 113 Å². The van der Waals surface area contributed by atoms with E-state index >= 15 is 0 Å². The normalized spacial score (nSPS) is 32.7. The quantitative estimate of drug-likeness (QED) is 0.704. The lowest BCUT2D eigenvalue weighted by molar-refractivity contribution is 0.0475. The molecule has 0 N–H and O–H groups in total. The summed E-state index contributed by atoms with van der Waals surface area (Å²) in [6, 6.07) is 0. The Kier molecular flexibility index (Phi) is 4.66. The molecule has 2 rings (SSSR count). The van der Waals surface area contributed by atoms with Crippen LogP contribution in [0.3, 0.4) is 0 Å². The number of nitrogens with zero attached hydrogens (tertiary/aromatic N) is 1. The van der Waals surface area contributed by atoms with Gasteiger partial charge in [0.05, 0.1) is 0 Å². The number of hydrogen-bond acceptors (Lipinski definition) is 1. The predicted octanol–water partition coefficient (Wildman–Crippen LogP) is 4.55. The minimum atomic E-state index is 0.332. The zero-order valence-electron chi connectivity index (χ0n) is 12.4. The number of hydrogen-bond donors (Lipinski definition) is 0. The highest BCUT2D eigenvalue weighted by Crippen LogP contribution is 2.44. The summed E-state index contributed by atoms with van der Waals surface area (Å²) >= 11 is 0. The number of allylic oxidation sites excluding steroid dienone is 2. The SMILES string of the molecule is CCN(CC)[C@]1(C2=CCCC=C2)CCCCC1C. The van der Waals surface area contributed by atoms with Crippen molar-refractivity contribution in [2.45, 2.75) is 64.8 Å². The predicted molar refractivity (Wildman–Crippen MR) is 79.7 cm³/mol. The Morgan fingerprint density at radius 3 is 2.56 bits per heavy atom. The van der Waals surface area contributed by atoms with Crippen LogP contribution in [0.15, 0.2) is 23.8 Å². The Hall–Kier alpha value is -0.560. The van der Waals surface area contributed by atoms with Crippen LogP contribution in [0.1, 0.15) is 59.3 Å². The zero-order valence-corrected chi connectivity index (χ0v) is 12.4. The van der Waals surface area contributed by atoms with E-state index in [-0.39, 0.29) is 0 Å². The molecule has 0 aliphatic heterocycles. The number of rotatable bonds is 4. The molecule has 0 amide bonds. The van der Waals surface area contributed by atoms with Crippen molar-refractivity contribution >= 4 is 0 Å². The molecule has 0 aromatic heterocycles. The van der Waals surface area contributed by atoms with Crippen LogP contribution in [0.4, 0.5) is 0 Å². The minimum absolute atomic E-state index is 0.332. The molecule has 0 saturated heterocycles. The van der Waals surface area contributed by atoms with Crippen LogP contribution in [0.2, 0.25) is 0 Å². The van der Waals surface area contributed by atoms with Crippen LogP contribution < -0.4 is 0 Å². The lowest BCUT2D eigenvalue weighted by Gasteiger charge is -2.51. The van der Waals surface area contributed by atoms with Crippen LogP contribution in [-0.4, -0.2) is 23.5 Å². The van der Waals surface area contributed by atoms with Gasteiger partial charge in [0.1, 0.15) is 0 Å². The van der Waals surface area contributed by atoms with Crippen molar-refractivity contribution < 1.29 is 0 Å². The fourth-order valence-electron chi connectivity index (χ4n) is 4.13. The summed E-state index contributed by atoms with van der Waals surface area (Å²) in [5.41, 5.74) is 1.95. The maximum absolute atomic E-state index is 2.72. The molecule has 0 spiro atoms. The zero-order chi connectivity index (χ0) is 13.0. The fourth-order valence-corrected chi connectivity index (χ4v) is 4.13. The highest BCUT2D eigenvalue weighted by atomic mass is 15.2. The summed E-state index contributed by atoms with van der Waals surface area (Å²) in [5, 5.41) is 0. The van der Waals surface area contributed by atoms with E-state index in [2.05, 4.69) is 43.9 Å². The summed E-state index contributed by atoms with van der Waals surface area (Å²) in [4.78, 5) is 2.72. The molecular formula is C17H29N. The molecule has 0 aromatic carbocycles. The van der Waals surface area contributed by atoms with Gasteiger partial charge in [-0.1, -0.05) is 51.8 Å². The topological polar surface area (TPSA) is 3.24 Å². The van der Waals surface area contributed by atoms with E-state index < -0.39 is 0 Å². The highest BCUT2D eigenvalue weighted by molar-refractivity contribution is 5.35. The second kappa shape index (κ2) is 6.06. The van der Waals surface area contributed by atoms with Crippen molar-refractivity contribution in [1.29, 1.82) is 0 Å². The summed E-state index contributed by atoms with van der Waals surface area (Å²) in [6.07, 6.45) is 15.3. The van der Waals surface area contributed by atoms with Crippen LogP contribution in [0, 0.1) is 5.92 Å². The molecule has 0 aromatic rings. The summed E-state index contributed by atoms with van der Waals surface area (Å²) in [7, 11) is 0. The van der Waals surface area contributed by atoms with Gasteiger partial charge in [-0.15, -0.1) is 0 Å². The monoisotopic (exact) mass is 247 g/mol. The van der Waals surface area contributed by atoms with Crippen LogP contribution in [0.5, 0.6) is 0 Å². The van der Waals surface area contributed by atoms with Crippen LogP contribution in [0.25, 0.3) is 0 Å². The van der Waals surface area contributed by atoms with Gasteiger partial charge in [-0.3, -0.25) is 4.90 Å². The van der Waals surface area contributed by atoms with Gasteiger partial charge < -0.3 is 0 Å². The van der Waals surface area contributed by atoms with Gasteiger partial charge in [-0.25, -0.2) is 0 Å². The van der Waals surface area contributed by atoms with Crippen LogP contribution in [-0.2, 0) is 0 Å². The van der Waals surface area contributed by atoms with E-state index in [0.717, 1.165) is 5.92 Å². The molecule has 18 heavy (non-hydrogen) atoms. The maximum atomic E-state index is 2.72. The molecule has 0 radical (unpaired) electrons. The Morgan fingerprint density at radius 2 is 2.00 bits per heavy atom. The fraction of sp³-hybridized carbons (Fsp3) is 0.765. The van der Waals surface area contributed by atoms with Crippen molar-refractivity contribution in [3.8, 4) is 0 Å². The molecule has 1 heteroatoms. The van der Waals surface area contributed by atoms with E-state index in [0.29, 0.717) is 5.54 Å². The molecule has 2 aliphatic carbocycles. The van der Waals surface area contributed by atoms with Crippen molar-refractivity contribution in [2.75, 3.05) is 13.1 Å². The Bertz CT molecular complexity index is 325. The van der Waals surface area contributed by atoms with Crippen molar-refractivity contribution in [2.24, 2.45) is 5.92 Å². The molecule has 1 fully saturated rings. The molecule has 102 valence electrons. The first-order chi connectivity index (χ1) is 8.75. The Balaban J connectivity index is 2.37. The van der Waals surface area contributed by atoms with Gasteiger partial charge in [0.2, 0.25) is 0 Å². The lowest BCUT2D eigenvalue weighted by atomic mass is 9.67. The maximum Gasteiger partial charge on any atom is 0.0482 e. The van der Waals surface area contributed by atoms with E-state index in [1.54, 1.807) is 5.57 Å². The van der Waals surface area contributed by atoms with Gasteiger partial charge in [-0.05, 0) is 50.3 Å². The average Bonchev–Trinajstić information content (AvgIpc) is 2.43. The first-order valence-electron chi connectivity index (χ1n) is 7.88. The highest BCUT2D eigenvalue weighted by Gasteiger charge is 2.44. The van der Waals surface area contributed by atoms with Gasteiger partial charge >= 0.3 is 0 Å². The van der Waals surface area contributed by atoms with E-state index in [4.69, 9.17) is 0 Å². The second-order valence-electron chi connectivity index (χ2n) is 5.88. The minimum Gasteiger partial charge on any atom is -0.294 e. The van der Waals surface area contributed by atoms with E-state index in [1.165, 1.54) is 51.6 Å². The molecule has 2 atom stereocenters.